The van der Waals surface area contributed by atoms with Gasteiger partial charge in [-0.1, -0.05) is 6.08 Å². The topological polar surface area (TPSA) is 43.8 Å². The van der Waals surface area contributed by atoms with Crippen molar-refractivity contribution in [3.05, 3.63) is 34.1 Å². The molecule has 2 heterocycles. The Labute approximate surface area is 106 Å². The molecular weight excluding hydrogens is 230 g/mol. The third-order valence-corrected chi connectivity index (χ3v) is 3.59. The highest BCUT2D eigenvalue weighted by atomic mass is 32.1. The molecule has 17 heavy (non-hydrogen) atoms. The van der Waals surface area contributed by atoms with Crippen LogP contribution in [0.1, 0.15) is 29.6 Å². The standard InChI is InChI=1S/C13H17N3S/c1-4-16-9(2)7-11(10(16)3)5-6-12-8-17-13(14)15-12/h5-8H,4H2,1-3H3,(H2,14,15)/b6-5+. The van der Waals surface area contributed by atoms with Crippen LogP contribution in [0.2, 0.25) is 0 Å². The Balaban J connectivity index is 2.27. The van der Waals surface area contributed by atoms with Crippen LogP contribution in [0.15, 0.2) is 11.4 Å². The smallest absolute Gasteiger partial charge is 0.180 e. The maximum absolute atomic E-state index is 5.60. The molecule has 90 valence electrons. The van der Waals surface area contributed by atoms with Gasteiger partial charge in [-0.3, -0.25) is 0 Å². The fraction of sp³-hybridized carbons (Fsp3) is 0.308. The van der Waals surface area contributed by atoms with Gasteiger partial charge in [-0.25, -0.2) is 4.98 Å². The van der Waals surface area contributed by atoms with Gasteiger partial charge in [-0.15, -0.1) is 11.3 Å². The van der Waals surface area contributed by atoms with Crippen molar-refractivity contribution in [3.8, 4) is 0 Å². The van der Waals surface area contributed by atoms with E-state index in [1.54, 1.807) is 0 Å². The van der Waals surface area contributed by atoms with Gasteiger partial charge < -0.3 is 10.3 Å². The van der Waals surface area contributed by atoms with Gasteiger partial charge in [-0.2, -0.15) is 0 Å². The van der Waals surface area contributed by atoms with E-state index in [2.05, 4.69) is 42.5 Å². The van der Waals surface area contributed by atoms with Gasteiger partial charge in [0.15, 0.2) is 5.13 Å². The summed E-state index contributed by atoms with van der Waals surface area (Å²) in [5, 5.41) is 2.58. The quantitative estimate of drug-likeness (QED) is 0.904. The predicted octanol–water partition coefficient (Wildman–Crippen LogP) is 3.33. The zero-order valence-corrected chi connectivity index (χ0v) is 11.2. The summed E-state index contributed by atoms with van der Waals surface area (Å²) < 4.78 is 2.30. The summed E-state index contributed by atoms with van der Waals surface area (Å²) >= 11 is 1.47. The van der Waals surface area contributed by atoms with Crippen LogP contribution in [0.3, 0.4) is 0 Å². The summed E-state index contributed by atoms with van der Waals surface area (Å²) in [5.74, 6) is 0. The molecule has 0 aliphatic carbocycles. The maximum Gasteiger partial charge on any atom is 0.180 e. The van der Waals surface area contributed by atoms with Gasteiger partial charge in [0.05, 0.1) is 5.69 Å². The first-order valence-electron chi connectivity index (χ1n) is 5.67. The first-order chi connectivity index (χ1) is 8.11. The lowest BCUT2D eigenvalue weighted by Gasteiger charge is -2.04. The SMILES string of the molecule is CCn1c(C)cc(/C=C/c2csc(N)n2)c1C. The van der Waals surface area contributed by atoms with Crippen molar-refractivity contribution in [2.45, 2.75) is 27.3 Å². The van der Waals surface area contributed by atoms with E-state index < -0.39 is 0 Å². The number of rotatable bonds is 3. The Hall–Kier alpha value is -1.55. The monoisotopic (exact) mass is 247 g/mol. The molecule has 0 fully saturated rings. The van der Waals surface area contributed by atoms with E-state index in [-0.39, 0.29) is 0 Å². The molecule has 0 aliphatic rings. The molecule has 4 heteroatoms. The van der Waals surface area contributed by atoms with Gasteiger partial charge in [0, 0.05) is 23.3 Å². The van der Waals surface area contributed by atoms with E-state index in [1.165, 1.54) is 28.3 Å². The summed E-state index contributed by atoms with van der Waals surface area (Å²) in [6.45, 7) is 7.45. The molecule has 0 spiro atoms. The van der Waals surface area contributed by atoms with E-state index in [1.807, 2.05) is 11.5 Å². The molecule has 2 aromatic heterocycles. The molecule has 3 nitrogen and oxygen atoms in total. The second kappa shape index (κ2) is 4.75. The Kier molecular flexibility index (Phi) is 3.33. The highest BCUT2D eigenvalue weighted by Gasteiger charge is 2.04. The second-order valence-electron chi connectivity index (χ2n) is 4.01. The highest BCUT2D eigenvalue weighted by Crippen LogP contribution is 2.19. The van der Waals surface area contributed by atoms with Gasteiger partial charge in [-0.05, 0) is 38.5 Å². The third-order valence-electron chi connectivity index (χ3n) is 2.90. The van der Waals surface area contributed by atoms with Crippen molar-refractivity contribution in [3.63, 3.8) is 0 Å². The summed E-state index contributed by atoms with van der Waals surface area (Å²) in [4.78, 5) is 4.21. The van der Waals surface area contributed by atoms with E-state index in [9.17, 15) is 0 Å². The lowest BCUT2D eigenvalue weighted by molar-refractivity contribution is 0.718. The van der Waals surface area contributed by atoms with Crippen LogP contribution < -0.4 is 5.73 Å². The minimum Gasteiger partial charge on any atom is -0.375 e. The van der Waals surface area contributed by atoms with Crippen LogP contribution in [0.25, 0.3) is 12.2 Å². The van der Waals surface area contributed by atoms with E-state index in [0.29, 0.717) is 5.13 Å². The van der Waals surface area contributed by atoms with E-state index in [0.717, 1.165) is 12.2 Å². The van der Waals surface area contributed by atoms with Gasteiger partial charge in [0.2, 0.25) is 0 Å². The van der Waals surface area contributed by atoms with Crippen molar-refractivity contribution in [1.82, 2.24) is 9.55 Å². The molecule has 0 radical (unpaired) electrons. The van der Waals surface area contributed by atoms with Gasteiger partial charge >= 0.3 is 0 Å². The fourth-order valence-corrected chi connectivity index (χ4v) is 2.57. The number of thiazole rings is 1. The summed E-state index contributed by atoms with van der Waals surface area (Å²) in [6.07, 6.45) is 4.11. The average Bonchev–Trinajstić information content (AvgIpc) is 2.81. The normalized spacial score (nSPS) is 11.5. The molecule has 2 N–H and O–H groups in total. The van der Waals surface area contributed by atoms with Crippen molar-refractivity contribution >= 4 is 28.6 Å². The molecule has 0 aromatic carbocycles. The number of aromatic nitrogens is 2. The molecule has 0 bridgehead atoms. The molecule has 0 saturated heterocycles. The number of hydrogen-bond donors (Lipinski definition) is 1. The highest BCUT2D eigenvalue weighted by molar-refractivity contribution is 7.13. The first-order valence-corrected chi connectivity index (χ1v) is 6.55. The Morgan fingerprint density at radius 1 is 1.41 bits per heavy atom. The van der Waals surface area contributed by atoms with Crippen molar-refractivity contribution in [2.75, 3.05) is 5.73 Å². The minimum atomic E-state index is 0.615. The maximum atomic E-state index is 5.60. The van der Waals surface area contributed by atoms with Crippen LogP contribution in [0.4, 0.5) is 5.13 Å². The molecule has 0 atom stereocenters. The predicted molar refractivity (Wildman–Crippen MR) is 75.0 cm³/mol. The van der Waals surface area contributed by atoms with Gasteiger partial charge in [0.25, 0.3) is 0 Å². The largest absolute Gasteiger partial charge is 0.375 e. The molecule has 0 amide bonds. The lowest BCUT2D eigenvalue weighted by Crippen LogP contribution is -1.98. The fourth-order valence-electron chi connectivity index (χ4n) is 2.04. The summed E-state index contributed by atoms with van der Waals surface area (Å²) in [7, 11) is 0. The van der Waals surface area contributed by atoms with E-state index >= 15 is 0 Å². The molecular formula is C13H17N3S. The summed E-state index contributed by atoms with van der Waals surface area (Å²) in [6, 6.07) is 2.20. The zero-order valence-electron chi connectivity index (χ0n) is 10.4. The zero-order chi connectivity index (χ0) is 12.4. The molecule has 2 aromatic rings. The first kappa shape index (κ1) is 11.9. The molecule has 0 aliphatic heterocycles. The second-order valence-corrected chi connectivity index (χ2v) is 4.90. The molecule has 2 rings (SSSR count). The van der Waals surface area contributed by atoms with Crippen LogP contribution >= 0.6 is 11.3 Å². The lowest BCUT2D eigenvalue weighted by atomic mass is 10.2. The third kappa shape index (κ3) is 2.42. The van der Waals surface area contributed by atoms with Gasteiger partial charge in [0.1, 0.15) is 0 Å². The van der Waals surface area contributed by atoms with Crippen molar-refractivity contribution in [1.29, 1.82) is 0 Å². The number of aryl methyl sites for hydroxylation is 1. The van der Waals surface area contributed by atoms with E-state index in [4.69, 9.17) is 5.73 Å². The number of hydrogen-bond acceptors (Lipinski definition) is 3. The number of nitrogen functional groups attached to an aromatic ring is 1. The average molecular weight is 247 g/mol. The van der Waals surface area contributed by atoms with Crippen LogP contribution in [-0.2, 0) is 6.54 Å². The number of nitrogens with zero attached hydrogens (tertiary/aromatic N) is 2. The Morgan fingerprint density at radius 3 is 2.71 bits per heavy atom. The van der Waals surface area contributed by atoms with Crippen LogP contribution in [-0.4, -0.2) is 9.55 Å². The van der Waals surface area contributed by atoms with Crippen molar-refractivity contribution in [2.24, 2.45) is 0 Å². The minimum absolute atomic E-state index is 0.615. The number of anilines is 1. The number of nitrogens with two attached hydrogens (primary N) is 1. The Morgan fingerprint density at radius 2 is 2.18 bits per heavy atom. The van der Waals surface area contributed by atoms with Crippen LogP contribution in [0, 0.1) is 13.8 Å². The summed E-state index contributed by atoms with van der Waals surface area (Å²) in [5.41, 5.74) is 10.4. The molecule has 0 unspecified atom stereocenters. The molecule has 0 saturated carbocycles. The Bertz CT molecular complexity index is 549. The van der Waals surface area contributed by atoms with Crippen molar-refractivity contribution < 1.29 is 0 Å². The van der Waals surface area contributed by atoms with Crippen LogP contribution in [0.5, 0.6) is 0 Å².